The van der Waals surface area contributed by atoms with Crippen LogP contribution in [0.4, 0.5) is 0 Å². The summed E-state index contributed by atoms with van der Waals surface area (Å²) in [5.41, 5.74) is -0.0122. The molecule has 1 unspecified atom stereocenters. The van der Waals surface area contributed by atoms with Crippen LogP contribution in [0.2, 0.25) is 0 Å². The lowest BCUT2D eigenvalue weighted by Gasteiger charge is -2.30. The molecule has 1 radical (unpaired) electrons. The zero-order chi connectivity index (χ0) is 6.86. The van der Waals surface area contributed by atoms with Crippen LogP contribution >= 0.6 is 0 Å². The Hall–Kier alpha value is -0.540. The predicted molar refractivity (Wildman–Crippen MR) is 37.4 cm³/mol. The third kappa shape index (κ3) is 0.914. The standard InChI is InChI=1S/C7H11N2O/c1-3-8-5-7(1)2-4-9-6-10-7/h1,3,8H,2,4-6H2. The molecule has 2 rings (SSSR count). The molecular weight excluding hydrogens is 128 g/mol. The lowest BCUT2D eigenvalue weighted by Crippen LogP contribution is -2.43. The molecule has 0 aromatic heterocycles. The molecule has 10 heavy (non-hydrogen) atoms. The van der Waals surface area contributed by atoms with Gasteiger partial charge in [0.05, 0.1) is 0 Å². The highest BCUT2D eigenvalue weighted by Crippen LogP contribution is 2.22. The van der Waals surface area contributed by atoms with Gasteiger partial charge in [-0.1, -0.05) is 0 Å². The number of nitrogens with zero attached hydrogens (tertiary/aromatic N) is 1. The summed E-state index contributed by atoms with van der Waals surface area (Å²) in [7, 11) is 0. The van der Waals surface area contributed by atoms with E-state index in [4.69, 9.17) is 4.74 Å². The van der Waals surface area contributed by atoms with Crippen molar-refractivity contribution < 1.29 is 4.74 Å². The van der Waals surface area contributed by atoms with Crippen molar-refractivity contribution in [2.75, 3.05) is 19.8 Å². The highest BCUT2D eigenvalue weighted by atomic mass is 16.5. The fraction of sp³-hybridized carbons (Fsp3) is 0.714. The molecule has 0 bridgehead atoms. The molecule has 0 aromatic rings. The maximum Gasteiger partial charge on any atom is 0.113 e. The van der Waals surface area contributed by atoms with Gasteiger partial charge >= 0.3 is 0 Å². The molecule has 1 spiro atoms. The average Bonchev–Trinajstić information content (AvgIpc) is 2.39. The Bertz CT molecular complexity index is 150. The second kappa shape index (κ2) is 2.25. The van der Waals surface area contributed by atoms with Gasteiger partial charge in [-0.2, -0.15) is 0 Å². The molecule has 0 amide bonds. The van der Waals surface area contributed by atoms with E-state index in [0.717, 1.165) is 19.5 Å². The van der Waals surface area contributed by atoms with Gasteiger partial charge in [0.2, 0.25) is 0 Å². The van der Waals surface area contributed by atoms with E-state index >= 15 is 0 Å². The van der Waals surface area contributed by atoms with E-state index in [1.54, 1.807) is 0 Å². The summed E-state index contributed by atoms with van der Waals surface area (Å²) in [6.07, 6.45) is 5.09. The molecule has 0 saturated carbocycles. The van der Waals surface area contributed by atoms with Crippen LogP contribution in [0, 0.1) is 0 Å². The first-order valence-electron chi connectivity index (χ1n) is 3.60. The van der Waals surface area contributed by atoms with Crippen molar-refractivity contribution in [1.29, 1.82) is 0 Å². The van der Waals surface area contributed by atoms with Gasteiger partial charge in [-0.25, -0.2) is 5.32 Å². The first kappa shape index (κ1) is 6.19. The minimum Gasteiger partial charge on any atom is -0.388 e. The molecule has 1 fully saturated rings. The fourth-order valence-corrected chi connectivity index (χ4v) is 1.35. The molecule has 3 heteroatoms. The lowest BCUT2D eigenvalue weighted by molar-refractivity contribution is -0.0433. The SMILES string of the molecule is C1=CC2(CC[N]CO2)CN1. The van der Waals surface area contributed by atoms with Crippen LogP contribution in [0.5, 0.6) is 0 Å². The van der Waals surface area contributed by atoms with Gasteiger partial charge in [0.1, 0.15) is 12.3 Å². The molecule has 1 atom stereocenters. The van der Waals surface area contributed by atoms with Crippen molar-refractivity contribution in [3.05, 3.63) is 12.3 Å². The van der Waals surface area contributed by atoms with Gasteiger partial charge in [-0.15, -0.1) is 0 Å². The van der Waals surface area contributed by atoms with Crippen molar-refractivity contribution in [3.63, 3.8) is 0 Å². The van der Waals surface area contributed by atoms with Crippen LogP contribution in [0.25, 0.3) is 0 Å². The van der Waals surface area contributed by atoms with Gasteiger partial charge in [0.25, 0.3) is 0 Å². The van der Waals surface area contributed by atoms with E-state index in [9.17, 15) is 0 Å². The van der Waals surface area contributed by atoms with Gasteiger partial charge in [0.15, 0.2) is 0 Å². The number of hydrogen-bond acceptors (Lipinski definition) is 2. The number of hydrogen-bond donors (Lipinski definition) is 1. The Morgan fingerprint density at radius 3 is 3.20 bits per heavy atom. The zero-order valence-electron chi connectivity index (χ0n) is 5.84. The second-order valence-electron chi connectivity index (χ2n) is 2.75. The average molecular weight is 139 g/mol. The van der Waals surface area contributed by atoms with E-state index in [-0.39, 0.29) is 5.60 Å². The molecule has 3 nitrogen and oxygen atoms in total. The highest BCUT2D eigenvalue weighted by Gasteiger charge is 2.32. The largest absolute Gasteiger partial charge is 0.388 e. The molecule has 0 aromatic carbocycles. The van der Waals surface area contributed by atoms with Crippen molar-refractivity contribution in [1.82, 2.24) is 10.6 Å². The van der Waals surface area contributed by atoms with Crippen molar-refractivity contribution in [2.45, 2.75) is 12.0 Å². The molecule has 1 saturated heterocycles. The molecule has 1 N–H and O–H groups in total. The van der Waals surface area contributed by atoms with Gasteiger partial charge in [-0.05, 0) is 18.7 Å². The smallest absolute Gasteiger partial charge is 0.113 e. The predicted octanol–water partition coefficient (Wildman–Crippen LogP) is -0.176. The first-order chi connectivity index (χ1) is 4.91. The lowest BCUT2D eigenvalue weighted by atomic mass is 10.0. The van der Waals surface area contributed by atoms with Crippen LogP contribution in [-0.4, -0.2) is 25.4 Å². The van der Waals surface area contributed by atoms with E-state index in [1.807, 2.05) is 6.20 Å². The van der Waals surface area contributed by atoms with E-state index in [2.05, 4.69) is 16.7 Å². The van der Waals surface area contributed by atoms with Gasteiger partial charge in [-0.3, -0.25) is 0 Å². The van der Waals surface area contributed by atoms with E-state index < -0.39 is 0 Å². The Kier molecular flexibility index (Phi) is 1.39. The zero-order valence-corrected chi connectivity index (χ0v) is 5.84. The summed E-state index contributed by atoms with van der Waals surface area (Å²) in [4.78, 5) is 0. The van der Waals surface area contributed by atoms with Crippen LogP contribution in [-0.2, 0) is 4.74 Å². The molecule has 2 heterocycles. The second-order valence-corrected chi connectivity index (χ2v) is 2.75. The summed E-state index contributed by atoms with van der Waals surface area (Å²) >= 11 is 0. The normalized spacial score (nSPS) is 38.4. The molecular formula is C7H11N2O. The van der Waals surface area contributed by atoms with Crippen LogP contribution < -0.4 is 10.6 Å². The third-order valence-electron chi connectivity index (χ3n) is 2.04. The number of ether oxygens (including phenoxy) is 1. The summed E-state index contributed by atoms with van der Waals surface area (Å²) < 4.78 is 5.51. The minimum absolute atomic E-state index is 0.0122. The van der Waals surface area contributed by atoms with Crippen molar-refractivity contribution in [2.24, 2.45) is 0 Å². The topological polar surface area (TPSA) is 35.4 Å². The van der Waals surface area contributed by atoms with Crippen LogP contribution in [0.15, 0.2) is 12.3 Å². The Labute approximate surface area is 60.4 Å². The fourth-order valence-electron chi connectivity index (χ4n) is 1.35. The molecule has 2 aliphatic heterocycles. The van der Waals surface area contributed by atoms with Crippen molar-refractivity contribution >= 4 is 0 Å². The van der Waals surface area contributed by atoms with E-state index in [1.165, 1.54) is 0 Å². The summed E-state index contributed by atoms with van der Waals surface area (Å²) in [6, 6.07) is 0. The first-order valence-corrected chi connectivity index (χ1v) is 3.60. The van der Waals surface area contributed by atoms with Crippen LogP contribution in [0.1, 0.15) is 6.42 Å². The highest BCUT2D eigenvalue weighted by molar-refractivity contribution is 5.10. The molecule has 0 aliphatic carbocycles. The van der Waals surface area contributed by atoms with E-state index in [0.29, 0.717) is 6.73 Å². The Morgan fingerprint density at radius 2 is 2.60 bits per heavy atom. The Balaban J connectivity index is 2.05. The maximum absolute atomic E-state index is 5.51. The van der Waals surface area contributed by atoms with Gasteiger partial charge in [0, 0.05) is 13.1 Å². The molecule has 2 aliphatic rings. The molecule has 55 valence electrons. The number of rotatable bonds is 0. The maximum atomic E-state index is 5.51. The number of nitrogens with one attached hydrogen (secondary N) is 1. The quantitative estimate of drug-likeness (QED) is 0.505. The summed E-state index contributed by atoms with van der Waals surface area (Å²) in [5.74, 6) is 0. The minimum atomic E-state index is -0.0122. The Morgan fingerprint density at radius 1 is 1.60 bits per heavy atom. The summed E-state index contributed by atoms with van der Waals surface area (Å²) in [6.45, 7) is 2.42. The van der Waals surface area contributed by atoms with Crippen molar-refractivity contribution in [3.8, 4) is 0 Å². The van der Waals surface area contributed by atoms with Gasteiger partial charge < -0.3 is 10.1 Å². The monoisotopic (exact) mass is 139 g/mol. The third-order valence-corrected chi connectivity index (χ3v) is 2.04. The van der Waals surface area contributed by atoms with Crippen LogP contribution in [0.3, 0.4) is 0 Å². The summed E-state index contributed by atoms with van der Waals surface area (Å²) in [5, 5.41) is 7.25.